The molecule has 44 heavy (non-hydrogen) atoms. The van der Waals surface area contributed by atoms with Gasteiger partial charge in [0.1, 0.15) is 24.2 Å². The third-order valence-electron chi connectivity index (χ3n) is 6.83. The first-order valence-corrected chi connectivity index (χ1v) is 14.3. The first-order valence-electron chi connectivity index (χ1n) is 14.3. The number of benzene rings is 2. The Bertz CT molecular complexity index is 1300. The lowest BCUT2D eigenvalue weighted by atomic mass is 10.0. The van der Waals surface area contributed by atoms with E-state index in [0.29, 0.717) is 12.0 Å². The maximum Gasteiger partial charge on any atom is 0.326 e. The second-order valence-electron chi connectivity index (χ2n) is 10.3. The zero-order valence-corrected chi connectivity index (χ0v) is 24.2. The molecule has 1 saturated heterocycles. The molecule has 2 aromatic rings. The number of aliphatic carboxylic acids is 1. The van der Waals surface area contributed by atoms with Gasteiger partial charge in [-0.25, -0.2) is 4.79 Å². The van der Waals surface area contributed by atoms with Crippen LogP contribution in [0.15, 0.2) is 65.7 Å². The standard InChI is InChI=1S/C30H39N7O7/c31-30(32)33-15-7-13-21-26(39)35-22(29(42)43)14-8-16-44-18-24(37-25(38)20-11-5-2-6-12-20)28(41)36-23(27(40)34-21)17-19-9-3-1-4-10-19/h1-6,9-12,21-24H,7-8,13-18H2,(H,34,40)(H,35,39)(H,36,41)(H,37,38)(H,42,43)(H4,31,32,33). The molecule has 1 aliphatic heterocycles. The number of aliphatic imine (C=N–C) groups is 1. The first kappa shape index (κ1) is 33.5. The van der Waals surface area contributed by atoms with E-state index in [1.165, 1.54) is 0 Å². The summed E-state index contributed by atoms with van der Waals surface area (Å²) in [4.78, 5) is 69.2. The second-order valence-corrected chi connectivity index (χ2v) is 10.3. The topological polar surface area (TPSA) is 227 Å². The third kappa shape index (κ3) is 11.0. The molecule has 1 heterocycles. The van der Waals surface area contributed by atoms with Gasteiger partial charge in [0.2, 0.25) is 17.7 Å². The molecule has 3 rings (SSSR count). The lowest BCUT2D eigenvalue weighted by Crippen LogP contribution is -2.58. The predicted octanol–water partition coefficient (Wildman–Crippen LogP) is -0.569. The van der Waals surface area contributed by atoms with E-state index in [9.17, 15) is 29.1 Å². The van der Waals surface area contributed by atoms with E-state index in [0.717, 1.165) is 5.56 Å². The van der Waals surface area contributed by atoms with Gasteiger partial charge in [-0.1, -0.05) is 48.5 Å². The minimum Gasteiger partial charge on any atom is -0.480 e. The molecule has 0 radical (unpaired) electrons. The van der Waals surface area contributed by atoms with E-state index in [-0.39, 0.29) is 51.4 Å². The lowest BCUT2D eigenvalue weighted by molar-refractivity contribution is -0.142. The Kier molecular flexibility index (Phi) is 13.1. The number of nitrogens with zero attached hydrogens (tertiary/aromatic N) is 1. The van der Waals surface area contributed by atoms with Crippen LogP contribution in [-0.2, 0) is 30.3 Å². The summed E-state index contributed by atoms with van der Waals surface area (Å²) in [6, 6.07) is 12.5. The summed E-state index contributed by atoms with van der Waals surface area (Å²) >= 11 is 0. The monoisotopic (exact) mass is 609 g/mol. The van der Waals surface area contributed by atoms with Crippen LogP contribution in [0.3, 0.4) is 0 Å². The summed E-state index contributed by atoms with van der Waals surface area (Å²) in [6.45, 7) is -0.00649. The molecule has 14 nitrogen and oxygen atoms in total. The molecule has 0 aromatic heterocycles. The van der Waals surface area contributed by atoms with Gasteiger partial charge in [-0.05, 0) is 43.4 Å². The van der Waals surface area contributed by atoms with E-state index in [1.807, 2.05) is 0 Å². The van der Waals surface area contributed by atoms with E-state index in [1.54, 1.807) is 60.7 Å². The number of carboxylic acids is 1. The van der Waals surface area contributed by atoms with Crippen LogP contribution in [0.2, 0.25) is 0 Å². The summed E-state index contributed by atoms with van der Waals surface area (Å²) in [5, 5.41) is 20.3. The van der Waals surface area contributed by atoms with Crippen molar-refractivity contribution in [2.24, 2.45) is 16.5 Å². The molecular weight excluding hydrogens is 570 g/mol. The van der Waals surface area contributed by atoms with Crippen LogP contribution in [0.1, 0.15) is 41.6 Å². The van der Waals surface area contributed by atoms with Crippen molar-refractivity contribution in [3.63, 3.8) is 0 Å². The van der Waals surface area contributed by atoms with Crippen LogP contribution in [0.4, 0.5) is 0 Å². The Labute approximate surface area is 255 Å². The molecule has 0 saturated carbocycles. The highest BCUT2D eigenvalue weighted by Crippen LogP contribution is 2.09. The van der Waals surface area contributed by atoms with E-state index >= 15 is 0 Å². The molecule has 0 spiro atoms. The van der Waals surface area contributed by atoms with Gasteiger partial charge in [0.25, 0.3) is 5.91 Å². The Morgan fingerprint density at radius 2 is 1.55 bits per heavy atom. The Balaban J connectivity index is 1.90. The van der Waals surface area contributed by atoms with Gasteiger partial charge in [-0.2, -0.15) is 0 Å². The number of guanidine groups is 1. The fraction of sp³-hybridized carbons (Fsp3) is 0.400. The molecule has 0 bridgehead atoms. The number of hydrogen-bond donors (Lipinski definition) is 7. The van der Waals surface area contributed by atoms with E-state index in [4.69, 9.17) is 16.2 Å². The van der Waals surface area contributed by atoms with Crippen molar-refractivity contribution >= 4 is 35.6 Å². The minimum absolute atomic E-state index is 0.0274. The molecule has 0 aliphatic carbocycles. The van der Waals surface area contributed by atoms with Crippen molar-refractivity contribution in [2.75, 3.05) is 19.8 Å². The Morgan fingerprint density at radius 3 is 2.20 bits per heavy atom. The quantitative estimate of drug-likeness (QED) is 0.110. The highest BCUT2D eigenvalue weighted by molar-refractivity contribution is 5.99. The van der Waals surface area contributed by atoms with Crippen molar-refractivity contribution < 1.29 is 33.8 Å². The van der Waals surface area contributed by atoms with Gasteiger partial charge in [-0.15, -0.1) is 0 Å². The molecule has 2 aromatic carbocycles. The molecule has 1 aliphatic rings. The Morgan fingerprint density at radius 1 is 0.909 bits per heavy atom. The van der Waals surface area contributed by atoms with Crippen LogP contribution < -0.4 is 32.7 Å². The minimum atomic E-state index is -1.25. The maximum atomic E-state index is 13.7. The van der Waals surface area contributed by atoms with Gasteiger partial charge in [0.05, 0.1) is 6.61 Å². The molecule has 4 atom stereocenters. The van der Waals surface area contributed by atoms with Crippen LogP contribution >= 0.6 is 0 Å². The van der Waals surface area contributed by atoms with Crippen LogP contribution in [0, 0.1) is 0 Å². The molecule has 14 heteroatoms. The average molecular weight is 610 g/mol. The Hall–Kier alpha value is -4.98. The lowest BCUT2D eigenvalue weighted by Gasteiger charge is -2.26. The highest BCUT2D eigenvalue weighted by atomic mass is 16.5. The second kappa shape index (κ2) is 17.2. The number of hydrogen-bond acceptors (Lipinski definition) is 7. The molecule has 9 N–H and O–H groups in total. The summed E-state index contributed by atoms with van der Waals surface area (Å²) in [7, 11) is 0. The molecule has 1 fully saturated rings. The molecule has 236 valence electrons. The predicted molar refractivity (Wildman–Crippen MR) is 161 cm³/mol. The van der Waals surface area contributed by atoms with Crippen molar-refractivity contribution in [2.45, 2.75) is 56.3 Å². The summed E-state index contributed by atoms with van der Waals surface area (Å²) in [5.74, 6) is -3.95. The van der Waals surface area contributed by atoms with Gasteiger partial charge < -0.3 is 42.6 Å². The van der Waals surface area contributed by atoms with Crippen molar-refractivity contribution in [3.05, 3.63) is 71.8 Å². The smallest absolute Gasteiger partial charge is 0.326 e. The van der Waals surface area contributed by atoms with E-state index < -0.39 is 53.8 Å². The summed E-state index contributed by atoms with van der Waals surface area (Å²) in [6.07, 6.45) is 0.714. The van der Waals surface area contributed by atoms with Crippen LogP contribution in [-0.4, -0.2) is 84.6 Å². The molecular formula is C30H39N7O7. The largest absolute Gasteiger partial charge is 0.480 e. The van der Waals surface area contributed by atoms with Gasteiger partial charge in [0.15, 0.2) is 5.96 Å². The SMILES string of the molecule is NC(N)=NCCCC1NC(=O)C(Cc2ccccc2)NC(=O)C(NC(=O)c2ccccc2)COCCCC(C(=O)O)NC1=O. The molecule has 4 unspecified atom stereocenters. The van der Waals surface area contributed by atoms with Crippen molar-refractivity contribution in [3.8, 4) is 0 Å². The summed E-state index contributed by atoms with van der Waals surface area (Å²) in [5.41, 5.74) is 11.8. The number of carbonyl (C=O) groups is 5. The fourth-order valence-electron chi connectivity index (χ4n) is 4.51. The maximum absolute atomic E-state index is 13.7. The number of ether oxygens (including phenoxy) is 1. The van der Waals surface area contributed by atoms with Gasteiger partial charge in [0, 0.05) is 25.1 Å². The highest BCUT2D eigenvalue weighted by Gasteiger charge is 2.32. The summed E-state index contributed by atoms with van der Waals surface area (Å²) < 4.78 is 5.66. The van der Waals surface area contributed by atoms with Crippen LogP contribution in [0.25, 0.3) is 0 Å². The van der Waals surface area contributed by atoms with Crippen LogP contribution in [0.5, 0.6) is 0 Å². The zero-order valence-electron chi connectivity index (χ0n) is 24.2. The van der Waals surface area contributed by atoms with Gasteiger partial charge >= 0.3 is 5.97 Å². The third-order valence-corrected chi connectivity index (χ3v) is 6.83. The number of amides is 4. The number of nitrogens with one attached hydrogen (secondary N) is 4. The van der Waals surface area contributed by atoms with Crippen molar-refractivity contribution in [1.29, 1.82) is 0 Å². The zero-order chi connectivity index (χ0) is 31.9. The number of carboxylic acid groups (broad SMARTS) is 1. The molecule has 4 amide bonds. The normalized spacial score (nSPS) is 21.8. The number of carbonyl (C=O) groups excluding carboxylic acids is 4. The fourth-order valence-corrected chi connectivity index (χ4v) is 4.51. The average Bonchev–Trinajstić information content (AvgIpc) is 3.01. The van der Waals surface area contributed by atoms with E-state index in [2.05, 4.69) is 26.3 Å². The van der Waals surface area contributed by atoms with Crippen molar-refractivity contribution in [1.82, 2.24) is 21.3 Å². The van der Waals surface area contributed by atoms with Gasteiger partial charge in [-0.3, -0.25) is 24.2 Å². The first-order chi connectivity index (χ1) is 21.1. The number of nitrogens with two attached hydrogens (primary N) is 2. The number of rotatable bonds is 9.